The summed E-state index contributed by atoms with van der Waals surface area (Å²) in [5, 5.41) is 8.64. The van der Waals surface area contributed by atoms with Gasteiger partial charge in [0.2, 0.25) is 17.8 Å². The smallest absolute Gasteiger partial charge is 0.257 e. The van der Waals surface area contributed by atoms with Crippen LogP contribution in [-0.2, 0) is 9.59 Å². The lowest BCUT2D eigenvalue weighted by Gasteiger charge is -2.39. The molecule has 3 fully saturated rings. The van der Waals surface area contributed by atoms with Crippen LogP contribution in [0.3, 0.4) is 0 Å². The van der Waals surface area contributed by atoms with Crippen LogP contribution in [0.2, 0.25) is 5.02 Å². The quantitative estimate of drug-likeness (QED) is 0.263. The summed E-state index contributed by atoms with van der Waals surface area (Å²) in [4.78, 5) is 54.9. The Morgan fingerprint density at radius 1 is 1.08 bits per heavy atom. The van der Waals surface area contributed by atoms with Crippen molar-refractivity contribution in [3.8, 4) is 0 Å². The Labute approximate surface area is 296 Å². The molecule has 3 aliphatic heterocycles. The van der Waals surface area contributed by atoms with Crippen LogP contribution in [0.25, 0.3) is 6.08 Å². The first-order chi connectivity index (χ1) is 24.1. The van der Waals surface area contributed by atoms with Crippen LogP contribution in [0.4, 0.5) is 33.2 Å². The maximum atomic E-state index is 15.0. The Kier molecular flexibility index (Phi) is 10.8. The van der Waals surface area contributed by atoms with Gasteiger partial charge in [-0.2, -0.15) is 4.98 Å². The maximum absolute atomic E-state index is 15.0. The number of amides is 3. The molecule has 1 aromatic heterocycles. The first kappa shape index (κ1) is 35.1. The fourth-order valence-corrected chi connectivity index (χ4v) is 6.99. The highest BCUT2D eigenvalue weighted by Gasteiger charge is 2.32. The minimum Gasteiger partial charge on any atom is -0.377 e. The highest BCUT2D eigenvalue weighted by Crippen LogP contribution is 2.31. The van der Waals surface area contributed by atoms with Gasteiger partial charge >= 0.3 is 0 Å². The molecule has 1 atom stereocenters. The number of hydrogen-bond donors (Lipinski definition) is 3. The molecule has 0 aliphatic carbocycles. The van der Waals surface area contributed by atoms with Gasteiger partial charge in [-0.15, -0.1) is 0 Å². The molecular weight excluding hydrogens is 661 g/mol. The van der Waals surface area contributed by atoms with E-state index in [1.807, 2.05) is 43.3 Å². The summed E-state index contributed by atoms with van der Waals surface area (Å²) in [6.07, 6.45) is 5.59. The average molecular weight is 704 g/mol. The van der Waals surface area contributed by atoms with E-state index in [2.05, 4.69) is 42.2 Å². The molecule has 0 spiro atoms. The summed E-state index contributed by atoms with van der Waals surface area (Å²) >= 11 is 6.49. The van der Waals surface area contributed by atoms with Crippen molar-refractivity contribution in [2.45, 2.75) is 31.7 Å². The van der Waals surface area contributed by atoms with Crippen molar-refractivity contribution in [2.24, 2.45) is 5.92 Å². The molecule has 3 saturated heterocycles. The Hall–Kier alpha value is -4.75. The van der Waals surface area contributed by atoms with Gasteiger partial charge in [-0.05, 0) is 61.1 Å². The summed E-state index contributed by atoms with van der Waals surface area (Å²) < 4.78 is 15.0. The molecule has 6 rings (SSSR count). The van der Waals surface area contributed by atoms with E-state index in [9.17, 15) is 14.4 Å². The van der Waals surface area contributed by atoms with E-state index in [1.54, 1.807) is 18.3 Å². The van der Waals surface area contributed by atoms with E-state index < -0.39 is 23.7 Å². The van der Waals surface area contributed by atoms with Crippen molar-refractivity contribution < 1.29 is 18.8 Å². The minimum atomic E-state index is -0.874. The lowest BCUT2D eigenvalue weighted by atomic mass is 9.94. The SMILES string of the molecule is C=Cc1cc(Nc2nc(N3CCN(CC4CCN(c5cccc(F)c5C(=O)NC5CCC(=O)NC5=O)CC4)CC3)ncc2Cl)ccc1N(C)C. The molecule has 0 radical (unpaired) electrons. The van der Waals surface area contributed by atoms with Crippen LogP contribution < -0.4 is 30.7 Å². The average Bonchev–Trinajstić information content (AvgIpc) is 3.11. The molecule has 50 heavy (non-hydrogen) atoms. The summed E-state index contributed by atoms with van der Waals surface area (Å²) in [5.74, 6) is -0.587. The first-order valence-corrected chi connectivity index (χ1v) is 17.4. The number of carbonyl (C=O) groups excluding carboxylic acids is 3. The number of piperidine rings is 2. The first-order valence-electron chi connectivity index (χ1n) is 17.0. The van der Waals surface area contributed by atoms with E-state index in [-0.39, 0.29) is 24.3 Å². The monoisotopic (exact) mass is 703 g/mol. The fourth-order valence-electron chi connectivity index (χ4n) is 6.85. The van der Waals surface area contributed by atoms with Crippen molar-refractivity contribution in [1.29, 1.82) is 0 Å². The molecule has 0 saturated carbocycles. The van der Waals surface area contributed by atoms with Gasteiger partial charge in [-0.3, -0.25) is 24.6 Å². The number of benzene rings is 2. The number of piperazine rings is 1. The maximum Gasteiger partial charge on any atom is 0.257 e. The van der Waals surface area contributed by atoms with Gasteiger partial charge in [0, 0.05) is 77.7 Å². The number of aromatic nitrogens is 2. The second kappa shape index (κ2) is 15.4. The third-order valence-electron chi connectivity index (χ3n) is 9.61. The molecule has 3 aliphatic rings. The molecule has 1 unspecified atom stereocenters. The number of carbonyl (C=O) groups is 3. The highest BCUT2D eigenvalue weighted by molar-refractivity contribution is 6.32. The molecule has 4 heterocycles. The normalized spacial score (nSPS) is 18.8. The lowest BCUT2D eigenvalue weighted by molar-refractivity contribution is -0.134. The fraction of sp³-hybridized carbons (Fsp3) is 0.417. The third kappa shape index (κ3) is 8.00. The van der Waals surface area contributed by atoms with E-state index in [0.717, 1.165) is 62.5 Å². The van der Waals surface area contributed by atoms with Gasteiger partial charge in [0.05, 0.1) is 17.4 Å². The number of anilines is 5. The van der Waals surface area contributed by atoms with E-state index in [4.69, 9.17) is 16.6 Å². The summed E-state index contributed by atoms with van der Waals surface area (Å²) in [6, 6.07) is 9.77. The second-order valence-electron chi connectivity index (χ2n) is 13.2. The Morgan fingerprint density at radius 2 is 1.84 bits per heavy atom. The van der Waals surface area contributed by atoms with Crippen molar-refractivity contribution in [2.75, 3.05) is 79.9 Å². The zero-order chi connectivity index (χ0) is 35.4. The molecule has 12 nitrogen and oxygen atoms in total. The van der Waals surface area contributed by atoms with Crippen LogP contribution in [0, 0.1) is 11.7 Å². The Morgan fingerprint density at radius 3 is 2.54 bits per heavy atom. The van der Waals surface area contributed by atoms with Gasteiger partial charge in [0.25, 0.3) is 5.91 Å². The lowest BCUT2D eigenvalue weighted by Crippen LogP contribution is -2.52. The highest BCUT2D eigenvalue weighted by atomic mass is 35.5. The van der Waals surface area contributed by atoms with Crippen molar-refractivity contribution in [1.82, 2.24) is 25.5 Å². The van der Waals surface area contributed by atoms with Crippen LogP contribution >= 0.6 is 11.6 Å². The zero-order valence-corrected chi connectivity index (χ0v) is 29.2. The standard InChI is InChI=1S/C36H43ClFN9O3/c1-4-24-20-25(8-10-29(24)44(2)3)40-33-26(37)21-39-36(43-33)47-18-16-45(17-19-47)22-23-12-14-46(15-13-23)30-7-5-6-27(38)32(30)35(50)41-28-9-11-31(48)42-34(28)49/h4-8,10,20-21,23,28H,1,9,11-19,22H2,2-3H3,(H,41,50)(H,39,40,43)(H,42,48,49). The third-order valence-corrected chi connectivity index (χ3v) is 9.89. The Bertz CT molecular complexity index is 1760. The Balaban J connectivity index is 1.01. The zero-order valence-electron chi connectivity index (χ0n) is 28.4. The molecule has 2 aromatic carbocycles. The van der Waals surface area contributed by atoms with Crippen LogP contribution in [0.1, 0.15) is 41.6 Å². The number of nitrogens with one attached hydrogen (secondary N) is 3. The van der Waals surface area contributed by atoms with Gasteiger partial charge < -0.3 is 25.3 Å². The van der Waals surface area contributed by atoms with Gasteiger partial charge in [-0.25, -0.2) is 9.37 Å². The van der Waals surface area contributed by atoms with Crippen molar-refractivity contribution in [3.63, 3.8) is 0 Å². The summed E-state index contributed by atoms with van der Waals surface area (Å²) in [5.41, 5.74) is 3.37. The summed E-state index contributed by atoms with van der Waals surface area (Å²) in [7, 11) is 3.99. The number of halogens is 2. The number of nitrogens with zero attached hydrogens (tertiary/aromatic N) is 6. The van der Waals surface area contributed by atoms with Gasteiger partial charge in [0.15, 0.2) is 5.82 Å². The van der Waals surface area contributed by atoms with E-state index >= 15 is 4.39 Å². The number of rotatable bonds is 10. The molecular formula is C36H43ClFN9O3. The summed E-state index contributed by atoms with van der Waals surface area (Å²) in [6.45, 7) is 9.59. The van der Waals surface area contributed by atoms with Crippen molar-refractivity contribution >= 4 is 64.2 Å². The topological polar surface area (TPSA) is 126 Å². The van der Waals surface area contributed by atoms with Crippen LogP contribution in [0.5, 0.6) is 0 Å². The predicted octanol–water partition coefficient (Wildman–Crippen LogP) is 4.30. The van der Waals surface area contributed by atoms with Crippen LogP contribution in [0.15, 0.2) is 49.2 Å². The molecule has 3 aromatic rings. The second-order valence-corrected chi connectivity index (χ2v) is 13.6. The number of imide groups is 1. The van der Waals surface area contributed by atoms with E-state index in [0.29, 0.717) is 41.5 Å². The molecule has 14 heteroatoms. The largest absolute Gasteiger partial charge is 0.377 e. The molecule has 264 valence electrons. The molecule has 3 amide bonds. The van der Waals surface area contributed by atoms with Gasteiger partial charge in [0.1, 0.15) is 16.9 Å². The predicted molar refractivity (Wildman–Crippen MR) is 195 cm³/mol. The van der Waals surface area contributed by atoms with Crippen molar-refractivity contribution in [3.05, 3.63) is 71.1 Å². The van der Waals surface area contributed by atoms with Gasteiger partial charge in [-0.1, -0.05) is 30.3 Å². The van der Waals surface area contributed by atoms with E-state index in [1.165, 1.54) is 6.07 Å². The molecule has 0 bridgehead atoms. The molecule has 3 N–H and O–H groups in total. The number of hydrogen-bond acceptors (Lipinski definition) is 10. The van der Waals surface area contributed by atoms with Crippen LogP contribution in [-0.4, -0.2) is 98.5 Å². The minimum absolute atomic E-state index is 0.0710.